The lowest BCUT2D eigenvalue weighted by Crippen LogP contribution is -2.43. The van der Waals surface area contributed by atoms with Crippen LogP contribution in [0, 0.1) is 0 Å². The molecule has 5 rings (SSSR count). The van der Waals surface area contributed by atoms with Gasteiger partial charge in [0.15, 0.2) is 18.1 Å². The van der Waals surface area contributed by atoms with Crippen LogP contribution in [-0.2, 0) is 14.3 Å². The maximum absolute atomic E-state index is 13.8. The highest BCUT2D eigenvalue weighted by Crippen LogP contribution is 2.39. The van der Waals surface area contributed by atoms with Crippen LogP contribution in [0.5, 0.6) is 17.2 Å². The Kier molecular flexibility index (Phi) is 8.68. The van der Waals surface area contributed by atoms with Crippen LogP contribution >= 0.6 is 0 Å². The fourth-order valence-electron chi connectivity index (χ4n) is 4.86. The van der Waals surface area contributed by atoms with Crippen LogP contribution in [0.15, 0.2) is 60.1 Å². The number of hydrogen-bond donors (Lipinski definition) is 2. The van der Waals surface area contributed by atoms with E-state index in [1.54, 1.807) is 21.7 Å². The Hall–Kier alpha value is -4.58. The van der Waals surface area contributed by atoms with Crippen LogP contribution in [0.1, 0.15) is 32.4 Å². The predicted molar refractivity (Wildman–Crippen MR) is 151 cm³/mol. The van der Waals surface area contributed by atoms with Gasteiger partial charge in [-0.1, -0.05) is 18.2 Å². The summed E-state index contributed by atoms with van der Waals surface area (Å²) < 4.78 is 24.5. The van der Waals surface area contributed by atoms with Crippen LogP contribution in [0.2, 0.25) is 0 Å². The van der Waals surface area contributed by atoms with Gasteiger partial charge in [0, 0.05) is 18.8 Å². The van der Waals surface area contributed by atoms with Crippen LogP contribution in [-0.4, -0.2) is 77.6 Å². The van der Waals surface area contributed by atoms with E-state index in [0.717, 1.165) is 5.56 Å². The lowest BCUT2D eigenvalue weighted by Gasteiger charge is -2.29. The fourth-order valence-corrected chi connectivity index (χ4v) is 4.86. The molecule has 216 valence electrons. The number of anilines is 2. The second kappa shape index (κ2) is 12.7. The highest BCUT2D eigenvalue weighted by atomic mass is 16.5. The zero-order valence-electron chi connectivity index (χ0n) is 23.4. The molecule has 1 saturated heterocycles. The summed E-state index contributed by atoms with van der Waals surface area (Å²) in [7, 11) is 0. The molecule has 1 atom stereocenters. The molecule has 12 nitrogen and oxygen atoms in total. The van der Waals surface area contributed by atoms with E-state index in [1.165, 1.54) is 6.33 Å². The van der Waals surface area contributed by atoms with Crippen molar-refractivity contribution in [3.63, 3.8) is 0 Å². The van der Waals surface area contributed by atoms with Gasteiger partial charge < -0.3 is 34.5 Å². The second-order valence-corrected chi connectivity index (χ2v) is 9.40. The summed E-state index contributed by atoms with van der Waals surface area (Å²) >= 11 is 0. The first-order chi connectivity index (χ1) is 20.0. The highest BCUT2D eigenvalue weighted by molar-refractivity contribution is 6.06. The molecule has 2 aliphatic heterocycles. The first-order valence-electron chi connectivity index (χ1n) is 13.7. The molecule has 0 aliphatic carbocycles. The highest BCUT2D eigenvalue weighted by Gasteiger charge is 2.34. The molecule has 41 heavy (non-hydrogen) atoms. The number of benzene rings is 2. The molecule has 2 aliphatic rings. The third-order valence-corrected chi connectivity index (χ3v) is 6.77. The molecule has 2 amide bonds. The predicted octanol–water partition coefficient (Wildman–Crippen LogP) is 3.24. The van der Waals surface area contributed by atoms with Crippen molar-refractivity contribution < 1.29 is 28.5 Å². The van der Waals surface area contributed by atoms with Crippen molar-refractivity contribution in [2.24, 2.45) is 0 Å². The number of para-hydroxylation sites is 2. The average Bonchev–Trinajstić information content (AvgIpc) is 3.45. The Bertz CT molecular complexity index is 1430. The summed E-state index contributed by atoms with van der Waals surface area (Å²) in [5.74, 6) is 1.54. The summed E-state index contributed by atoms with van der Waals surface area (Å²) in [6.07, 6.45) is 1.44. The van der Waals surface area contributed by atoms with E-state index in [1.807, 2.05) is 51.1 Å². The van der Waals surface area contributed by atoms with Crippen LogP contribution in [0.3, 0.4) is 0 Å². The number of allylic oxidation sites excluding steroid dienone is 1. The van der Waals surface area contributed by atoms with Gasteiger partial charge in [0.25, 0.3) is 11.8 Å². The first-order valence-corrected chi connectivity index (χ1v) is 13.7. The first kappa shape index (κ1) is 28.0. The third kappa shape index (κ3) is 6.12. The van der Waals surface area contributed by atoms with Gasteiger partial charge in [-0.25, -0.2) is 4.68 Å². The van der Waals surface area contributed by atoms with Gasteiger partial charge >= 0.3 is 0 Å². The number of amides is 2. The summed E-state index contributed by atoms with van der Waals surface area (Å²) in [5.41, 5.74) is 2.38. The van der Waals surface area contributed by atoms with Gasteiger partial charge in [-0.15, -0.1) is 0 Å². The van der Waals surface area contributed by atoms with Crippen LogP contribution in [0.4, 0.5) is 11.6 Å². The number of nitrogens with zero attached hydrogens (tertiary/aromatic N) is 4. The molecule has 2 aromatic carbocycles. The summed E-state index contributed by atoms with van der Waals surface area (Å²) in [4.78, 5) is 32.5. The van der Waals surface area contributed by atoms with Crippen molar-refractivity contribution >= 4 is 23.5 Å². The van der Waals surface area contributed by atoms with Gasteiger partial charge in [-0.05, 0) is 50.6 Å². The van der Waals surface area contributed by atoms with Gasteiger partial charge in [-0.3, -0.25) is 9.59 Å². The summed E-state index contributed by atoms with van der Waals surface area (Å²) in [6.45, 7) is 8.44. The fraction of sp³-hybridized carbons (Fsp3) is 0.379. The number of morpholine rings is 1. The standard InChI is InChI=1S/C29H34N6O6/c1-4-39-22-9-7-6-8-21(22)33-28(37)26-19(3)32-29-30-18-31-35(29)27(26)20-10-11-23(24(16-20)40-5-2)41-17-25(36)34-12-14-38-15-13-34/h6-11,16,18,27H,4-5,12-15,17H2,1-3H3,(H,33,37)(H,30,31,32). The molecule has 3 aromatic rings. The molecule has 0 radical (unpaired) electrons. The Balaban J connectivity index is 1.44. The van der Waals surface area contributed by atoms with Crippen molar-refractivity contribution in [3.05, 3.63) is 65.6 Å². The molecule has 2 N–H and O–H groups in total. The molecule has 12 heteroatoms. The van der Waals surface area contributed by atoms with Gasteiger partial charge in [-0.2, -0.15) is 10.1 Å². The number of carbonyl (C=O) groups is 2. The molecule has 1 unspecified atom stereocenters. The molecule has 0 spiro atoms. The van der Waals surface area contributed by atoms with Crippen molar-refractivity contribution in [2.45, 2.75) is 26.8 Å². The Morgan fingerprint density at radius 3 is 2.56 bits per heavy atom. The van der Waals surface area contributed by atoms with E-state index in [2.05, 4.69) is 20.7 Å². The number of nitrogens with one attached hydrogen (secondary N) is 2. The number of carbonyl (C=O) groups excluding carboxylic acids is 2. The van der Waals surface area contributed by atoms with E-state index >= 15 is 0 Å². The molecular formula is C29H34N6O6. The molecule has 0 saturated carbocycles. The van der Waals surface area contributed by atoms with Crippen molar-refractivity contribution in [2.75, 3.05) is 56.8 Å². The third-order valence-electron chi connectivity index (χ3n) is 6.77. The van der Waals surface area contributed by atoms with Crippen molar-refractivity contribution in [3.8, 4) is 17.2 Å². The lowest BCUT2D eigenvalue weighted by molar-refractivity contribution is -0.137. The van der Waals surface area contributed by atoms with Crippen LogP contribution < -0.4 is 24.8 Å². The minimum absolute atomic E-state index is 0.115. The maximum atomic E-state index is 13.8. The largest absolute Gasteiger partial charge is 0.492 e. The van der Waals surface area contributed by atoms with Crippen molar-refractivity contribution in [1.29, 1.82) is 0 Å². The Morgan fingerprint density at radius 2 is 1.78 bits per heavy atom. The van der Waals surface area contributed by atoms with Crippen LogP contribution in [0.25, 0.3) is 0 Å². The smallest absolute Gasteiger partial charge is 0.260 e. The summed E-state index contributed by atoms with van der Waals surface area (Å²) in [5, 5.41) is 10.6. The zero-order valence-corrected chi connectivity index (χ0v) is 23.4. The molecule has 0 bridgehead atoms. The second-order valence-electron chi connectivity index (χ2n) is 9.40. The quantitative estimate of drug-likeness (QED) is 0.383. The molecule has 3 heterocycles. The van der Waals surface area contributed by atoms with E-state index in [9.17, 15) is 9.59 Å². The van der Waals surface area contributed by atoms with Gasteiger partial charge in [0.05, 0.1) is 37.7 Å². The molecule has 1 aromatic heterocycles. The number of rotatable bonds is 10. The Labute approximate surface area is 238 Å². The topological polar surface area (TPSA) is 129 Å². The molecular weight excluding hydrogens is 528 g/mol. The van der Waals surface area contributed by atoms with E-state index in [4.69, 9.17) is 18.9 Å². The monoisotopic (exact) mass is 562 g/mol. The maximum Gasteiger partial charge on any atom is 0.260 e. The number of aromatic nitrogens is 3. The van der Waals surface area contributed by atoms with E-state index < -0.39 is 6.04 Å². The summed E-state index contributed by atoms with van der Waals surface area (Å²) in [6, 6.07) is 12.1. The molecule has 1 fully saturated rings. The number of hydrogen-bond acceptors (Lipinski definition) is 9. The average molecular weight is 563 g/mol. The Morgan fingerprint density at radius 1 is 1.02 bits per heavy atom. The minimum Gasteiger partial charge on any atom is -0.492 e. The zero-order chi connectivity index (χ0) is 28.8. The number of ether oxygens (including phenoxy) is 4. The minimum atomic E-state index is -0.615. The van der Waals surface area contributed by atoms with Gasteiger partial charge in [0.1, 0.15) is 18.1 Å². The normalized spacial score (nSPS) is 16.5. The van der Waals surface area contributed by atoms with E-state index in [0.29, 0.717) is 79.7 Å². The van der Waals surface area contributed by atoms with E-state index in [-0.39, 0.29) is 18.4 Å². The van der Waals surface area contributed by atoms with Crippen molar-refractivity contribution in [1.82, 2.24) is 19.7 Å². The lowest BCUT2D eigenvalue weighted by atomic mass is 9.94. The van der Waals surface area contributed by atoms with Gasteiger partial charge in [0.2, 0.25) is 5.95 Å². The number of fused-ring (bicyclic) bond motifs is 1. The SMILES string of the molecule is CCOc1ccccc1NC(=O)C1=C(C)Nc2ncnn2C1c1ccc(OCC(=O)N2CCOCC2)c(OCC)c1.